The fourth-order valence-corrected chi connectivity index (χ4v) is 3.38. The highest BCUT2D eigenvalue weighted by Gasteiger charge is 2.15. The Kier molecular flexibility index (Phi) is 5.36. The molecule has 0 saturated heterocycles. The molecular weight excluding hydrogens is 308 g/mol. The lowest BCUT2D eigenvalue weighted by molar-refractivity contribution is 0.571. The van der Waals surface area contributed by atoms with Crippen LogP contribution in [0.2, 0.25) is 5.02 Å². The zero-order valence-corrected chi connectivity index (χ0v) is 12.9. The molecule has 0 fully saturated rings. The second-order valence-corrected chi connectivity index (χ2v) is 6.93. The summed E-state index contributed by atoms with van der Waals surface area (Å²) in [5, 5.41) is 0.440. The number of benzene rings is 2. The van der Waals surface area contributed by atoms with Crippen LogP contribution < -0.4 is 10.5 Å². The first-order chi connectivity index (χ1) is 9.98. The van der Waals surface area contributed by atoms with Crippen molar-refractivity contribution in [2.75, 3.05) is 6.54 Å². The lowest BCUT2D eigenvalue weighted by atomic mass is 10.1. The van der Waals surface area contributed by atoms with E-state index in [-0.39, 0.29) is 18.3 Å². The summed E-state index contributed by atoms with van der Waals surface area (Å²) in [6, 6.07) is 15.9. The number of hydrogen-bond donors (Lipinski definition) is 2. The molecule has 0 unspecified atom stereocenters. The number of hydrogen-bond acceptors (Lipinski definition) is 3. The van der Waals surface area contributed by atoms with E-state index in [1.807, 2.05) is 30.3 Å². The topological polar surface area (TPSA) is 72.2 Å². The fraction of sp³-hybridized carbons (Fsp3) is 0.200. The van der Waals surface area contributed by atoms with E-state index in [0.717, 1.165) is 5.56 Å². The molecule has 3 N–H and O–H groups in total. The van der Waals surface area contributed by atoms with Crippen molar-refractivity contribution in [3.8, 4) is 0 Å². The SMILES string of the molecule is N[C@@H](CNS(=O)(=O)Cc1ccccc1Cl)c1ccccc1. The number of rotatable bonds is 6. The maximum Gasteiger partial charge on any atom is 0.215 e. The van der Waals surface area contributed by atoms with Crippen molar-refractivity contribution in [2.24, 2.45) is 5.73 Å². The maximum atomic E-state index is 12.1. The van der Waals surface area contributed by atoms with E-state index in [4.69, 9.17) is 17.3 Å². The Morgan fingerprint density at radius 3 is 2.33 bits per heavy atom. The molecule has 0 aliphatic heterocycles. The molecular formula is C15H17ClN2O2S. The van der Waals surface area contributed by atoms with Crippen molar-refractivity contribution in [2.45, 2.75) is 11.8 Å². The summed E-state index contributed by atoms with van der Waals surface area (Å²) < 4.78 is 26.6. The number of sulfonamides is 1. The lowest BCUT2D eigenvalue weighted by Crippen LogP contribution is -2.32. The Balaban J connectivity index is 1.97. The summed E-state index contributed by atoms with van der Waals surface area (Å²) in [5.74, 6) is -0.159. The van der Waals surface area contributed by atoms with Crippen molar-refractivity contribution < 1.29 is 8.42 Å². The third-order valence-corrected chi connectivity index (χ3v) is 4.72. The van der Waals surface area contributed by atoms with Crippen LogP contribution in [0.3, 0.4) is 0 Å². The van der Waals surface area contributed by atoms with Crippen LogP contribution in [0, 0.1) is 0 Å². The average molecular weight is 325 g/mol. The van der Waals surface area contributed by atoms with Crippen LogP contribution in [-0.4, -0.2) is 15.0 Å². The second-order valence-electron chi connectivity index (χ2n) is 4.72. The summed E-state index contributed by atoms with van der Waals surface area (Å²) in [4.78, 5) is 0. The summed E-state index contributed by atoms with van der Waals surface area (Å²) in [6.45, 7) is 0.150. The van der Waals surface area contributed by atoms with Crippen LogP contribution >= 0.6 is 11.6 Å². The normalized spacial score (nSPS) is 13.0. The molecule has 1 atom stereocenters. The average Bonchev–Trinajstić information content (AvgIpc) is 2.48. The summed E-state index contributed by atoms with van der Waals surface area (Å²) in [7, 11) is -3.47. The van der Waals surface area contributed by atoms with Crippen LogP contribution in [0.25, 0.3) is 0 Å². The van der Waals surface area contributed by atoms with Gasteiger partial charge >= 0.3 is 0 Å². The van der Waals surface area contributed by atoms with Gasteiger partial charge in [-0.1, -0.05) is 60.1 Å². The van der Waals surface area contributed by atoms with E-state index in [1.165, 1.54) is 0 Å². The van der Waals surface area contributed by atoms with Crippen molar-refractivity contribution in [1.29, 1.82) is 0 Å². The van der Waals surface area contributed by atoms with Gasteiger partial charge in [0.1, 0.15) is 0 Å². The van der Waals surface area contributed by atoms with E-state index in [1.54, 1.807) is 24.3 Å². The Labute approximate surface area is 130 Å². The Bertz CT molecular complexity index is 690. The van der Waals surface area contributed by atoms with Crippen LogP contribution in [0.1, 0.15) is 17.2 Å². The molecule has 0 aromatic heterocycles. The molecule has 0 aliphatic rings. The molecule has 4 nitrogen and oxygen atoms in total. The molecule has 2 aromatic rings. The maximum absolute atomic E-state index is 12.1. The minimum Gasteiger partial charge on any atom is -0.323 e. The fourth-order valence-electron chi connectivity index (χ4n) is 1.91. The summed E-state index contributed by atoms with van der Waals surface area (Å²) >= 11 is 5.97. The first-order valence-electron chi connectivity index (χ1n) is 6.49. The highest BCUT2D eigenvalue weighted by Crippen LogP contribution is 2.17. The van der Waals surface area contributed by atoms with Gasteiger partial charge in [-0.25, -0.2) is 13.1 Å². The van der Waals surface area contributed by atoms with Gasteiger partial charge in [-0.2, -0.15) is 0 Å². The van der Waals surface area contributed by atoms with Gasteiger partial charge in [0.15, 0.2) is 0 Å². The molecule has 0 saturated carbocycles. The van der Waals surface area contributed by atoms with Gasteiger partial charge in [-0.3, -0.25) is 0 Å². The van der Waals surface area contributed by atoms with Gasteiger partial charge < -0.3 is 5.73 Å². The Morgan fingerprint density at radius 2 is 1.67 bits per heavy atom. The molecule has 21 heavy (non-hydrogen) atoms. The van der Waals surface area contributed by atoms with Gasteiger partial charge in [0.05, 0.1) is 5.75 Å². The van der Waals surface area contributed by atoms with E-state index in [0.29, 0.717) is 10.6 Å². The van der Waals surface area contributed by atoms with Gasteiger partial charge in [0.2, 0.25) is 10.0 Å². The van der Waals surface area contributed by atoms with Crippen LogP contribution in [-0.2, 0) is 15.8 Å². The molecule has 2 aromatic carbocycles. The standard InChI is InChI=1S/C15H17ClN2O2S/c16-14-9-5-4-8-13(14)11-21(19,20)18-10-15(17)12-6-2-1-3-7-12/h1-9,15,18H,10-11,17H2/t15-/m0/s1. The third kappa shape index (κ3) is 4.82. The van der Waals surface area contributed by atoms with Crippen LogP contribution in [0.5, 0.6) is 0 Å². The van der Waals surface area contributed by atoms with E-state index >= 15 is 0 Å². The Morgan fingerprint density at radius 1 is 1.05 bits per heavy atom. The second kappa shape index (κ2) is 7.04. The highest BCUT2D eigenvalue weighted by atomic mass is 35.5. The van der Waals surface area contributed by atoms with Crippen LogP contribution in [0.15, 0.2) is 54.6 Å². The van der Waals surface area contributed by atoms with Crippen molar-refractivity contribution in [1.82, 2.24) is 4.72 Å². The third-order valence-electron chi connectivity index (χ3n) is 3.05. The zero-order chi connectivity index (χ0) is 15.3. The minimum absolute atomic E-state index is 0.150. The summed E-state index contributed by atoms with van der Waals surface area (Å²) in [6.07, 6.45) is 0. The van der Waals surface area contributed by atoms with Crippen LogP contribution in [0.4, 0.5) is 0 Å². The monoisotopic (exact) mass is 324 g/mol. The van der Waals surface area contributed by atoms with Crippen molar-refractivity contribution in [3.05, 3.63) is 70.7 Å². The van der Waals surface area contributed by atoms with Crippen molar-refractivity contribution in [3.63, 3.8) is 0 Å². The molecule has 112 valence electrons. The molecule has 6 heteroatoms. The first-order valence-corrected chi connectivity index (χ1v) is 8.52. The quantitative estimate of drug-likeness (QED) is 0.857. The van der Waals surface area contributed by atoms with E-state index in [2.05, 4.69) is 4.72 Å². The molecule has 2 rings (SSSR count). The number of halogens is 1. The van der Waals surface area contributed by atoms with E-state index in [9.17, 15) is 8.42 Å². The summed E-state index contributed by atoms with van der Waals surface area (Å²) in [5.41, 5.74) is 7.43. The zero-order valence-electron chi connectivity index (χ0n) is 11.4. The smallest absolute Gasteiger partial charge is 0.215 e. The van der Waals surface area contributed by atoms with Gasteiger partial charge in [-0.05, 0) is 17.2 Å². The van der Waals surface area contributed by atoms with E-state index < -0.39 is 10.0 Å². The predicted octanol–water partition coefficient (Wildman–Crippen LogP) is 2.46. The first kappa shape index (κ1) is 16.0. The molecule has 0 heterocycles. The number of nitrogens with two attached hydrogens (primary N) is 1. The lowest BCUT2D eigenvalue weighted by Gasteiger charge is -2.13. The molecule has 0 aliphatic carbocycles. The highest BCUT2D eigenvalue weighted by molar-refractivity contribution is 7.88. The Hall–Kier alpha value is -1.40. The van der Waals surface area contributed by atoms with Crippen molar-refractivity contribution >= 4 is 21.6 Å². The number of nitrogens with one attached hydrogen (secondary N) is 1. The molecule has 0 spiro atoms. The molecule has 0 amide bonds. The predicted molar refractivity (Wildman–Crippen MR) is 85.4 cm³/mol. The largest absolute Gasteiger partial charge is 0.323 e. The van der Waals surface area contributed by atoms with Gasteiger partial charge in [0, 0.05) is 17.6 Å². The molecule has 0 bridgehead atoms. The van der Waals surface area contributed by atoms with Gasteiger partial charge in [0.25, 0.3) is 0 Å². The minimum atomic E-state index is -3.47. The molecule has 0 radical (unpaired) electrons. The van der Waals surface area contributed by atoms with Gasteiger partial charge in [-0.15, -0.1) is 0 Å².